The fourth-order valence-electron chi connectivity index (χ4n) is 3.51. The van der Waals surface area contributed by atoms with Crippen LogP contribution in [0.15, 0.2) is 146 Å². The zero-order valence-electron chi connectivity index (χ0n) is 21.0. The molecule has 3 heterocycles. The van der Waals surface area contributed by atoms with Crippen LogP contribution in [0.1, 0.15) is 0 Å². The smallest absolute Gasteiger partial charge is 0.305 e. The molecule has 3 aromatic heterocycles. The van der Waals surface area contributed by atoms with Crippen molar-refractivity contribution in [2.24, 2.45) is 7.05 Å². The molecule has 4 heteroatoms. The average molecular weight is 670 g/mol. The first-order valence-corrected chi connectivity index (χ1v) is 12.0. The van der Waals surface area contributed by atoms with Gasteiger partial charge in [-0.05, 0) is 29.6 Å². The molecule has 0 radical (unpaired) electrons. The van der Waals surface area contributed by atoms with E-state index in [9.17, 15) is 0 Å². The Morgan fingerprint density at radius 1 is 0.500 bits per heavy atom. The molecule has 0 saturated carbocycles. The summed E-state index contributed by atoms with van der Waals surface area (Å²) in [5.41, 5.74) is 6.33. The van der Waals surface area contributed by atoms with Crippen molar-refractivity contribution in [3.8, 4) is 33.8 Å². The molecular weight excluding hydrogens is 643 g/mol. The van der Waals surface area contributed by atoms with Gasteiger partial charge < -0.3 is 9.97 Å². The van der Waals surface area contributed by atoms with Crippen LogP contribution in [0.2, 0.25) is 0 Å². The van der Waals surface area contributed by atoms with Crippen LogP contribution < -0.4 is 4.57 Å². The van der Waals surface area contributed by atoms with E-state index >= 15 is 0 Å². The van der Waals surface area contributed by atoms with Gasteiger partial charge in [-0.1, -0.05) is 35.9 Å². The monoisotopic (exact) mass is 670 g/mol. The van der Waals surface area contributed by atoms with Crippen molar-refractivity contribution in [2.45, 2.75) is 0 Å². The summed E-state index contributed by atoms with van der Waals surface area (Å²) < 4.78 is 2.09. The van der Waals surface area contributed by atoms with Crippen LogP contribution in [-0.4, -0.2) is 9.97 Å². The number of aryl methyl sites for hydroxylation is 1. The molecule has 0 atom stereocenters. The number of benzene rings is 3. The molecule has 186 valence electrons. The van der Waals surface area contributed by atoms with Gasteiger partial charge in [0, 0.05) is 18.5 Å². The van der Waals surface area contributed by atoms with E-state index in [1.807, 2.05) is 129 Å². The molecule has 0 unspecified atom stereocenters. The van der Waals surface area contributed by atoms with Gasteiger partial charge in [0.05, 0.1) is 0 Å². The molecule has 3 nitrogen and oxygen atoms in total. The second-order valence-electron chi connectivity index (χ2n) is 7.96. The molecule has 0 fully saturated rings. The second kappa shape index (κ2) is 15.8. The van der Waals surface area contributed by atoms with E-state index in [1.54, 1.807) is 12.4 Å². The van der Waals surface area contributed by atoms with Gasteiger partial charge >= 0.3 is 20.1 Å². The van der Waals surface area contributed by atoms with Gasteiger partial charge in [-0.3, -0.25) is 0 Å². The quantitative estimate of drug-likeness (QED) is 0.149. The Bertz CT molecular complexity index is 1300. The number of pyridine rings is 3. The molecule has 0 aliphatic carbocycles. The second-order valence-corrected chi connectivity index (χ2v) is 7.96. The van der Waals surface area contributed by atoms with Crippen molar-refractivity contribution in [3.63, 3.8) is 0 Å². The Labute approximate surface area is 238 Å². The average Bonchev–Trinajstić information content (AvgIpc) is 3.00. The van der Waals surface area contributed by atoms with Crippen molar-refractivity contribution < 1.29 is 24.7 Å². The zero-order valence-corrected chi connectivity index (χ0v) is 23.4. The van der Waals surface area contributed by atoms with Crippen molar-refractivity contribution in [3.05, 3.63) is 164 Å². The third-order valence-electron chi connectivity index (χ3n) is 5.34. The van der Waals surface area contributed by atoms with E-state index in [4.69, 9.17) is 0 Å². The Kier molecular flexibility index (Phi) is 11.8. The molecule has 0 amide bonds. The molecule has 6 aromatic rings. The van der Waals surface area contributed by atoms with Gasteiger partial charge in [-0.15, -0.1) is 102 Å². The summed E-state index contributed by atoms with van der Waals surface area (Å²) >= 11 is 0. The molecule has 0 aliphatic heterocycles. The SMILES string of the molecule is C[n+]1ccccc1-c1[c-]cccc1.[Ir+3].[c-]1ccccc1-c1ccccn1.[c-]1ccccc1-c1ccccn1. The number of nitrogens with zero attached hydrogens (tertiary/aromatic N) is 3. The van der Waals surface area contributed by atoms with Crippen LogP contribution in [0.25, 0.3) is 33.8 Å². The Hall–Kier alpha value is -4.24. The van der Waals surface area contributed by atoms with Crippen molar-refractivity contribution in [1.29, 1.82) is 0 Å². The van der Waals surface area contributed by atoms with Crippen molar-refractivity contribution in [1.82, 2.24) is 9.97 Å². The minimum Gasteiger partial charge on any atom is -0.305 e. The van der Waals surface area contributed by atoms with E-state index < -0.39 is 0 Å². The van der Waals surface area contributed by atoms with Gasteiger partial charge in [0.15, 0.2) is 6.20 Å². The van der Waals surface area contributed by atoms with Gasteiger partial charge in [-0.2, -0.15) is 0 Å². The first-order valence-electron chi connectivity index (χ1n) is 12.0. The predicted molar refractivity (Wildman–Crippen MR) is 149 cm³/mol. The normalized spacial score (nSPS) is 9.50. The Balaban J connectivity index is 0.000000156. The Morgan fingerprint density at radius 3 is 1.34 bits per heavy atom. The first kappa shape index (κ1) is 28.3. The van der Waals surface area contributed by atoms with E-state index in [0.29, 0.717) is 0 Å². The summed E-state index contributed by atoms with van der Waals surface area (Å²) in [6.07, 6.45) is 5.61. The van der Waals surface area contributed by atoms with Crippen molar-refractivity contribution in [2.75, 3.05) is 0 Å². The van der Waals surface area contributed by atoms with Crippen LogP contribution in [0, 0.1) is 18.2 Å². The standard InChI is InChI=1S/C12H11N.2C11H8N.Ir/c1-13-10-6-5-9-12(13)11-7-3-2-4-8-11;2*1-2-6-10(7-3-1)11-8-4-5-9-12-11;/h2-7,9-10H,1H3;2*1-6,8-9H;/q;2*-1;+3. The van der Waals surface area contributed by atoms with E-state index in [0.717, 1.165) is 28.1 Å². The van der Waals surface area contributed by atoms with Crippen molar-refractivity contribution >= 4 is 0 Å². The Morgan fingerprint density at radius 2 is 0.947 bits per heavy atom. The predicted octanol–water partition coefficient (Wildman–Crippen LogP) is 7.07. The number of aromatic nitrogens is 3. The topological polar surface area (TPSA) is 29.7 Å². The van der Waals surface area contributed by atoms with Crippen LogP contribution in [0.4, 0.5) is 0 Å². The third-order valence-corrected chi connectivity index (χ3v) is 5.34. The van der Waals surface area contributed by atoms with E-state index in [1.165, 1.54) is 5.69 Å². The maximum atomic E-state index is 4.22. The fourth-order valence-corrected chi connectivity index (χ4v) is 3.51. The van der Waals surface area contributed by atoms with Crippen LogP contribution >= 0.6 is 0 Å². The zero-order chi connectivity index (χ0) is 25.5. The number of rotatable bonds is 3. The summed E-state index contributed by atoms with van der Waals surface area (Å²) in [5, 5.41) is 0. The van der Waals surface area contributed by atoms with Gasteiger partial charge in [0.2, 0.25) is 0 Å². The summed E-state index contributed by atoms with van der Waals surface area (Å²) in [6, 6.07) is 51.0. The third kappa shape index (κ3) is 8.70. The van der Waals surface area contributed by atoms with E-state index in [2.05, 4.69) is 44.9 Å². The molecule has 6 rings (SSSR count). The van der Waals surface area contributed by atoms with E-state index in [-0.39, 0.29) is 20.1 Å². The summed E-state index contributed by atoms with van der Waals surface area (Å²) in [5.74, 6) is 0. The van der Waals surface area contributed by atoms with Gasteiger partial charge in [0.25, 0.3) is 0 Å². The van der Waals surface area contributed by atoms with Gasteiger partial charge in [0.1, 0.15) is 12.7 Å². The minimum atomic E-state index is 0. The largest absolute Gasteiger partial charge is 3.00 e. The maximum Gasteiger partial charge on any atom is 3.00 e. The fraction of sp³-hybridized carbons (Fsp3) is 0.0294. The van der Waals surface area contributed by atoms with Gasteiger partial charge in [-0.25, -0.2) is 4.57 Å². The molecule has 38 heavy (non-hydrogen) atoms. The van der Waals surface area contributed by atoms with Crippen LogP contribution in [0.5, 0.6) is 0 Å². The van der Waals surface area contributed by atoms with Crippen LogP contribution in [-0.2, 0) is 27.2 Å². The summed E-state index contributed by atoms with van der Waals surface area (Å²) in [4.78, 5) is 8.44. The number of hydrogen-bond donors (Lipinski definition) is 0. The molecule has 0 aliphatic rings. The molecular formula is C34H27IrN3+. The van der Waals surface area contributed by atoms with Crippen LogP contribution in [0.3, 0.4) is 0 Å². The molecule has 0 spiro atoms. The first-order chi connectivity index (χ1) is 18.3. The summed E-state index contributed by atoms with van der Waals surface area (Å²) in [6.45, 7) is 0. The molecule has 0 N–H and O–H groups in total. The molecule has 0 saturated heterocycles. The maximum absolute atomic E-state index is 4.22. The molecule has 0 bridgehead atoms. The summed E-state index contributed by atoms with van der Waals surface area (Å²) in [7, 11) is 2.04. The molecule has 3 aromatic carbocycles. The minimum absolute atomic E-state index is 0. The number of hydrogen-bond acceptors (Lipinski definition) is 2.